The largest absolute Gasteiger partial charge is 0.495 e. The van der Waals surface area contributed by atoms with Gasteiger partial charge < -0.3 is 10.5 Å². The van der Waals surface area contributed by atoms with Gasteiger partial charge in [0.1, 0.15) is 11.6 Å². The molecule has 0 aliphatic carbocycles. The summed E-state index contributed by atoms with van der Waals surface area (Å²) in [4.78, 5) is 8.38. The van der Waals surface area contributed by atoms with E-state index in [9.17, 15) is 0 Å². The van der Waals surface area contributed by atoms with Crippen LogP contribution >= 0.6 is 0 Å². The van der Waals surface area contributed by atoms with Crippen molar-refractivity contribution in [1.29, 1.82) is 0 Å². The summed E-state index contributed by atoms with van der Waals surface area (Å²) in [7, 11) is 1.66. The third-order valence-corrected chi connectivity index (χ3v) is 3.35. The molecule has 0 fully saturated rings. The molecular weight excluding hydrogens is 264 g/mol. The fourth-order valence-electron chi connectivity index (χ4n) is 2.31. The van der Waals surface area contributed by atoms with Crippen LogP contribution in [0.5, 0.6) is 5.75 Å². The first-order valence-electron chi connectivity index (χ1n) is 6.59. The van der Waals surface area contributed by atoms with E-state index in [0.29, 0.717) is 5.82 Å². The van der Waals surface area contributed by atoms with Crippen LogP contribution in [0.15, 0.2) is 49.1 Å². The third-order valence-electron chi connectivity index (χ3n) is 3.35. The number of methoxy groups -OCH3 is 1. The monoisotopic (exact) mass is 280 g/mol. The standard InChI is InChI=1S/C16H16N4O/c1-11-5-6-15(21-2)13(8-11)20-10-18-9-14(20)12-4-3-7-19-16(12)17/h3-10H,1-2H3,(H2,17,19). The highest BCUT2D eigenvalue weighted by atomic mass is 16.5. The third kappa shape index (κ3) is 2.33. The highest BCUT2D eigenvalue weighted by Crippen LogP contribution is 2.30. The number of anilines is 1. The number of aromatic nitrogens is 3. The number of benzene rings is 1. The van der Waals surface area contributed by atoms with Crippen molar-refractivity contribution >= 4 is 5.82 Å². The predicted octanol–water partition coefficient (Wildman–Crippen LogP) is 2.83. The predicted molar refractivity (Wildman–Crippen MR) is 82.5 cm³/mol. The normalized spacial score (nSPS) is 10.6. The number of ether oxygens (including phenoxy) is 1. The van der Waals surface area contributed by atoms with Crippen LogP contribution in [-0.4, -0.2) is 21.6 Å². The highest BCUT2D eigenvalue weighted by Gasteiger charge is 2.13. The van der Waals surface area contributed by atoms with Crippen molar-refractivity contribution < 1.29 is 4.74 Å². The van der Waals surface area contributed by atoms with Crippen LogP contribution in [0.2, 0.25) is 0 Å². The quantitative estimate of drug-likeness (QED) is 0.801. The Balaban J connectivity index is 2.21. The average Bonchev–Trinajstić information content (AvgIpc) is 2.96. The van der Waals surface area contributed by atoms with Gasteiger partial charge in [0, 0.05) is 11.8 Å². The Morgan fingerprint density at radius 1 is 1.24 bits per heavy atom. The minimum atomic E-state index is 0.478. The van der Waals surface area contributed by atoms with E-state index in [0.717, 1.165) is 28.3 Å². The molecule has 0 aliphatic rings. The van der Waals surface area contributed by atoms with E-state index >= 15 is 0 Å². The molecule has 21 heavy (non-hydrogen) atoms. The van der Waals surface area contributed by atoms with Crippen LogP contribution in [-0.2, 0) is 0 Å². The zero-order valence-electron chi connectivity index (χ0n) is 11.9. The Morgan fingerprint density at radius 3 is 2.86 bits per heavy atom. The second kappa shape index (κ2) is 5.28. The molecule has 0 saturated carbocycles. The first-order valence-corrected chi connectivity index (χ1v) is 6.59. The summed E-state index contributed by atoms with van der Waals surface area (Å²) in [6, 6.07) is 9.80. The molecule has 3 aromatic rings. The zero-order chi connectivity index (χ0) is 14.8. The van der Waals surface area contributed by atoms with Gasteiger partial charge in [-0.25, -0.2) is 9.97 Å². The van der Waals surface area contributed by atoms with E-state index in [1.165, 1.54) is 0 Å². The smallest absolute Gasteiger partial charge is 0.142 e. The number of imidazole rings is 1. The zero-order valence-corrected chi connectivity index (χ0v) is 11.9. The number of hydrogen-bond acceptors (Lipinski definition) is 4. The number of hydrogen-bond donors (Lipinski definition) is 1. The molecule has 5 heteroatoms. The topological polar surface area (TPSA) is 66.0 Å². The van der Waals surface area contributed by atoms with Crippen molar-refractivity contribution in [1.82, 2.24) is 14.5 Å². The van der Waals surface area contributed by atoms with Crippen LogP contribution < -0.4 is 10.5 Å². The maximum Gasteiger partial charge on any atom is 0.142 e. The number of aryl methyl sites for hydroxylation is 1. The van der Waals surface area contributed by atoms with Gasteiger partial charge in [0.15, 0.2) is 0 Å². The lowest BCUT2D eigenvalue weighted by Gasteiger charge is -2.14. The highest BCUT2D eigenvalue weighted by molar-refractivity contribution is 5.72. The van der Waals surface area contributed by atoms with Gasteiger partial charge in [-0.15, -0.1) is 0 Å². The fraction of sp³-hybridized carbons (Fsp3) is 0.125. The molecular formula is C16H16N4O. The lowest BCUT2D eigenvalue weighted by molar-refractivity contribution is 0.413. The van der Waals surface area contributed by atoms with Crippen molar-refractivity contribution in [3.05, 3.63) is 54.6 Å². The summed E-state index contributed by atoms with van der Waals surface area (Å²) in [6.07, 6.45) is 5.20. The molecule has 0 bridgehead atoms. The van der Waals surface area contributed by atoms with Crippen LogP contribution in [0, 0.1) is 6.92 Å². The number of nitrogen functional groups attached to an aromatic ring is 1. The molecule has 0 radical (unpaired) electrons. The Hall–Kier alpha value is -2.82. The van der Waals surface area contributed by atoms with E-state index in [2.05, 4.69) is 16.0 Å². The van der Waals surface area contributed by atoms with Crippen LogP contribution in [0.25, 0.3) is 16.9 Å². The molecule has 0 aliphatic heterocycles. The van der Waals surface area contributed by atoms with Gasteiger partial charge in [0.25, 0.3) is 0 Å². The van der Waals surface area contributed by atoms with E-state index < -0.39 is 0 Å². The van der Waals surface area contributed by atoms with Crippen molar-refractivity contribution in [3.8, 4) is 22.7 Å². The molecule has 2 heterocycles. The number of nitrogens with zero attached hydrogens (tertiary/aromatic N) is 3. The van der Waals surface area contributed by atoms with Gasteiger partial charge in [0.2, 0.25) is 0 Å². The molecule has 0 saturated heterocycles. The average molecular weight is 280 g/mol. The minimum absolute atomic E-state index is 0.478. The maximum absolute atomic E-state index is 5.98. The SMILES string of the molecule is COc1ccc(C)cc1-n1cncc1-c1cccnc1N. The van der Waals surface area contributed by atoms with E-state index in [1.54, 1.807) is 25.8 Å². The summed E-state index contributed by atoms with van der Waals surface area (Å²) in [5.74, 6) is 1.26. The second-order valence-corrected chi connectivity index (χ2v) is 4.76. The molecule has 2 aromatic heterocycles. The van der Waals surface area contributed by atoms with Gasteiger partial charge in [-0.2, -0.15) is 0 Å². The Bertz CT molecular complexity index is 779. The first-order chi connectivity index (χ1) is 10.2. The van der Waals surface area contributed by atoms with Crippen molar-refractivity contribution in [2.45, 2.75) is 6.92 Å². The summed E-state index contributed by atoms with van der Waals surface area (Å²) in [5.41, 5.74) is 9.77. The molecule has 1 aromatic carbocycles. The molecule has 0 spiro atoms. The molecule has 106 valence electrons. The fourth-order valence-corrected chi connectivity index (χ4v) is 2.31. The van der Waals surface area contributed by atoms with Gasteiger partial charge in [-0.1, -0.05) is 6.07 Å². The van der Waals surface area contributed by atoms with Gasteiger partial charge in [-0.3, -0.25) is 4.57 Å². The summed E-state index contributed by atoms with van der Waals surface area (Å²) in [5, 5.41) is 0. The van der Waals surface area contributed by atoms with Crippen LogP contribution in [0.4, 0.5) is 5.82 Å². The van der Waals surface area contributed by atoms with Crippen molar-refractivity contribution in [3.63, 3.8) is 0 Å². The minimum Gasteiger partial charge on any atom is -0.495 e. The second-order valence-electron chi connectivity index (χ2n) is 4.76. The van der Waals surface area contributed by atoms with Crippen LogP contribution in [0.3, 0.4) is 0 Å². The number of rotatable bonds is 3. The summed E-state index contributed by atoms with van der Waals surface area (Å²) < 4.78 is 7.41. The van der Waals surface area contributed by atoms with Crippen molar-refractivity contribution in [2.75, 3.05) is 12.8 Å². The van der Waals surface area contributed by atoms with Gasteiger partial charge >= 0.3 is 0 Å². The first kappa shape index (κ1) is 13.2. The maximum atomic E-state index is 5.98. The molecule has 3 rings (SSSR count). The summed E-state index contributed by atoms with van der Waals surface area (Å²) >= 11 is 0. The number of pyridine rings is 1. The lowest BCUT2D eigenvalue weighted by Crippen LogP contribution is -2.01. The van der Waals surface area contributed by atoms with E-state index in [-0.39, 0.29) is 0 Å². The Morgan fingerprint density at radius 2 is 2.10 bits per heavy atom. The molecule has 0 amide bonds. The Kier molecular flexibility index (Phi) is 3.31. The van der Waals surface area contributed by atoms with Gasteiger partial charge in [-0.05, 0) is 36.8 Å². The molecule has 2 N–H and O–H groups in total. The molecule has 0 unspecified atom stereocenters. The number of nitrogens with two attached hydrogens (primary N) is 1. The van der Waals surface area contributed by atoms with E-state index in [1.807, 2.05) is 35.8 Å². The van der Waals surface area contributed by atoms with E-state index in [4.69, 9.17) is 10.5 Å². The molecule has 5 nitrogen and oxygen atoms in total. The summed E-state index contributed by atoms with van der Waals surface area (Å²) in [6.45, 7) is 2.04. The lowest BCUT2D eigenvalue weighted by atomic mass is 10.1. The van der Waals surface area contributed by atoms with Crippen LogP contribution in [0.1, 0.15) is 5.56 Å². The van der Waals surface area contributed by atoms with Gasteiger partial charge in [0.05, 0.1) is 31.0 Å². The Labute approximate surface area is 123 Å². The van der Waals surface area contributed by atoms with Crippen molar-refractivity contribution in [2.24, 2.45) is 0 Å². The molecule has 0 atom stereocenters.